The Balaban J connectivity index is 2.36. The third kappa shape index (κ3) is 1.06. The zero-order valence-electron chi connectivity index (χ0n) is 7.31. The average Bonchev–Trinajstić information content (AvgIpc) is 2.88. The summed E-state index contributed by atoms with van der Waals surface area (Å²) in [5.74, 6) is 0.903. The van der Waals surface area contributed by atoms with Crippen molar-refractivity contribution in [2.75, 3.05) is 0 Å². The Morgan fingerprint density at radius 2 is 2.14 bits per heavy atom. The molecule has 2 nitrogen and oxygen atoms in total. The van der Waals surface area contributed by atoms with Crippen LogP contribution in [-0.2, 0) is 0 Å². The second-order valence-electron chi connectivity index (χ2n) is 2.98. The van der Waals surface area contributed by atoms with Gasteiger partial charge in [0.2, 0.25) is 0 Å². The van der Waals surface area contributed by atoms with Gasteiger partial charge in [-0.1, -0.05) is 6.07 Å². The Hall–Kier alpha value is -1.61. The summed E-state index contributed by atoms with van der Waals surface area (Å²) in [5, 5.41) is 0. The van der Waals surface area contributed by atoms with Gasteiger partial charge in [-0.25, -0.2) is 4.98 Å². The first kappa shape index (κ1) is 7.76. The smallest absolute Gasteiger partial charge is 0.135 e. The van der Waals surface area contributed by atoms with Crippen molar-refractivity contribution in [3.8, 4) is 11.3 Å². The molecule has 0 fully saturated rings. The van der Waals surface area contributed by atoms with Gasteiger partial charge in [-0.15, -0.1) is 11.3 Å². The zero-order chi connectivity index (χ0) is 9.38. The molecule has 3 heteroatoms. The highest BCUT2D eigenvalue weighted by Gasteiger charge is 2.06. The highest BCUT2D eigenvalue weighted by Crippen LogP contribution is 2.30. The summed E-state index contributed by atoms with van der Waals surface area (Å²) in [6.45, 7) is 0. The van der Waals surface area contributed by atoms with Crippen LogP contribution in [0.5, 0.6) is 0 Å². The maximum atomic E-state index is 5.38. The molecule has 0 unspecified atom stereocenters. The fraction of sp³-hybridized carbons (Fsp3) is 0. The summed E-state index contributed by atoms with van der Waals surface area (Å²) in [5.41, 5.74) is 4.01. The highest BCUT2D eigenvalue weighted by atomic mass is 32.1. The molecule has 3 rings (SSSR count). The van der Waals surface area contributed by atoms with Gasteiger partial charge in [0.1, 0.15) is 5.76 Å². The van der Waals surface area contributed by atoms with Crippen molar-refractivity contribution in [2.24, 2.45) is 0 Å². The lowest BCUT2D eigenvalue weighted by atomic mass is 10.1. The van der Waals surface area contributed by atoms with Gasteiger partial charge in [-0.2, -0.15) is 0 Å². The van der Waals surface area contributed by atoms with E-state index in [1.807, 2.05) is 29.8 Å². The fourth-order valence-electron chi connectivity index (χ4n) is 1.51. The fourth-order valence-corrected chi connectivity index (χ4v) is 2.32. The van der Waals surface area contributed by atoms with E-state index in [0.29, 0.717) is 0 Å². The van der Waals surface area contributed by atoms with E-state index in [1.54, 1.807) is 17.6 Å². The van der Waals surface area contributed by atoms with Gasteiger partial charge >= 0.3 is 0 Å². The van der Waals surface area contributed by atoms with Crippen LogP contribution in [-0.4, -0.2) is 4.98 Å². The normalized spacial score (nSPS) is 10.9. The van der Waals surface area contributed by atoms with E-state index < -0.39 is 0 Å². The maximum absolute atomic E-state index is 5.38. The van der Waals surface area contributed by atoms with E-state index in [4.69, 9.17) is 4.42 Å². The van der Waals surface area contributed by atoms with Crippen LogP contribution in [0.2, 0.25) is 0 Å². The van der Waals surface area contributed by atoms with Crippen molar-refractivity contribution in [1.82, 2.24) is 4.98 Å². The van der Waals surface area contributed by atoms with Crippen molar-refractivity contribution < 1.29 is 4.42 Å². The molecule has 0 saturated carbocycles. The monoisotopic (exact) mass is 201 g/mol. The molecule has 0 saturated heterocycles. The highest BCUT2D eigenvalue weighted by molar-refractivity contribution is 7.17. The molecule has 0 aliphatic heterocycles. The maximum Gasteiger partial charge on any atom is 0.135 e. The Bertz CT molecular complexity index is 553. The third-order valence-electron chi connectivity index (χ3n) is 2.14. The Morgan fingerprint density at radius 1 is 1.14 bits per heavy atom. The molecular formula is C11H7NOS. The summed E-state index contributed by atoms with van der Waals surface area (Å²) in [7, 11) is 0. The van der Waals surface area contributed by atoms with Crippen LogP contribution < -0.4 is 0 Å². The van der Waals surface area contributed by atoms with Gasteiger partial charge in [0.15, 0.2) is 0 Å². The molecule has 3 aromatic rings. The SMILES string of the molecule is c1coc(-c2cccc3ncsc23)c1. The molecule has 0 radical (unpaired) electrons. The summed E-state index contributed by atoms with van der Waals surface area (Å²) < 4.78 is 6.56. The van der Waals surface area contributed by atoms with E-state index in [2.05, 4.69) is 11.1 Å². The van der Waals surface area contributed by atoms with E-state index in [1.165, 1.54) is 4.70 Å². The number of nitrogens with zero attached hydrogens (tertiary/aromatic N) is 1. The van der Waals surface area contributed by atoms with Gasteiger partial charge in [-0.3, -0.25) is 0 Å². The molecule has 0 aliphatic carbocycles. The Morgan fingerprint density at radius 3 is 3.00 bits per heavy atom. The van der Waals surface area contributed by atoms with E-state index in [9.17, 15) is 0 Å². The first-order chi connectivity index (χ1) is 6.95. The van der Waals surface area contributed by atoms with Crippen molar-refractivity contribution >= 4 is 21.6 Å². The lowest BCUT2D eigenvalue weighted by Crippen LogP contribution is -1.73. The number of hydrogen-bond donors (Lipinski definition) is 0. The van der Waals surface area contributed by atoms with Gasteiger partial charge in [0, 0.05) is 5.56 Å². The molecule has 0 spiro atoms. The predicted molar refractivity (Wildman–Crippen MR) is 57.3 cm³/mol. The third-order valence-corrected chi connectivity index (χ3v) is 3.02. The Labute approximate surface area is 84.8 Å². The topological polar surface area (TPSA) is 26.0 Å². The van der Waals surface area contributed by atoms with Gasteiger partial charge in [0.05, 0.1) is 22.0 Å². The second kappa shape index (κ2) is 2.96. The summed E-state index contributed by atoms with van der Waals surface area (Å²) in [6, 6.07) is 9.93. The number of rotatable bonds is 1. The summed E-state index contributed by atoms with van der Waals surface area (Å²) in [4.78, 5) is 4.27. The Kier molecular flexibility index (Phi) is 1.64. The van der Waals surface area contributed by atoms with Crippen molar-refractivity contribution in [2.45, 2.75) is 0 Å². The molecule has 0 bridgehead atoms. The van der Waals surface area contributed by atoms with E-state index in [0.717, 1.165) is 16.8 Å². The molecular weight excluding hydrogens is 194 g/mol. The summed E-state index contributed by atoms with van der Waals surface area (Å²) in [6.07, 6.45) is 1.69. The van der Waals surface area contributed by atoms with E-state index in [-0.39, 0.29) is 0 Å². The van der Waals surface area contributed by atoms with Crippen molar-refractivity contribution in [1.29, 1.82) is 0 Å². The van der Waals surface area contributed by atoms with Crippen LogP contribution in [0.25, 0.3) is 21.5 Å². The van der Waals surface area contributed by atoms with Gasteiger partial charge < -0.3 is 4.42 Å². The van der Waals surface area contributed by atoms with Crippen LogP contribution in [0, 0.1) is 0 Å². The minimum absolute atomic E-state index is 0.903. The van der Waals surface area contributed by atoms with Gasteiger partial charge in [-0.05, 0) is 24.3 Å². The number of thiazole rings is 1. The summed E-state index contributed by atoms with van der Waals surface area (Å²) >= 11 is 1.64. The van der Waals surface area contributed by atoms with Crippen molar-refractivity contribution in [3.05, 3.63) is 42.1 Å². The standard InChI is InChI=1S/C11H7NOS/c1-3-8(10-5-2-6-13-10)11-9(4-1)12-7-14-11/h1-7H. The van der Waals surface area contributed by atoms with Crippen molar-refractivity contribution in [3.63, 3.8) is 0 Å². The number of fused-ring (bicyclic) bond motifs is 1. The average molecular weight is 201 g/mol. The minimum Gasteiger partial charge on any atom is -0.464 e. The molecule has 0 amide bonds. The molecule has 0 atom stereocenters. The minimum atomic E-state index is 0.903. The second-order valence-corrected chi connectivity index (χ2v) is 3.84. The molecule has 68 valence electrons. The van der Waals surface area contributed by atoms with Crippen LogP contribution in [0.4, 0.5) is 0 Å². The van der Waals surface area contributed by atoms with Crippen LogP contribution in [0.3, 0.4) is 0 Å². The molecule has 2 aromatic heterocycles. The first-order valence-corrected chi connectivity index (χ1v) is 5.19. The van der Waals surface area contributed by atoms with Crippen LogP contribution in [0.1, 0.15) is 0 Å². The molecule has 14 heavy (non-hydrogen) atoms. The predicted octanol–water partition coefficient (Wildman–Crippen LogP) is 3.56. The van der Waals surface area contributed by atoms with E-state index >= 15 is 0 Å². The molecule has 0 aliphatic rings. The quantitative estimate of drug-likeness (QED) is 0.601. The van der Waals surface area contributed by atoms with Crippen LogP contribution in [0.15, 0.2) is 46.5 Å². The zero-order valence-corrected chi connectivity index (χ0v) is 8.12. The van der Waals surface area contributed by atoms with Gasteiger partial charge in [0.25, 0.3) is 0 Å². The lowest BCUT2D eigenvalue weighted by molar-refractivity contribution is 0.583. The number of aromatic nitrogens is 1. The largest absolute Gasteiger partial charge is 0.464 e. The molecule has 1 aromatic carbocycles. The molecule has 0 N–H and O–H groups in total. The lowest BCUT2D eigenvalue weighted by Gasteiger charge is -1.96. The number of benzene rings is 1. The number of hydrogen-bond acceptors (Lipinski definition) is 3. The van der Waals surface area contributed by atoms with Crippen LogP contribution >= 0.6 is 11.3 Å². The number of furan rings is 1. The molecule has 2 heterocycles. The first-order valence-electron chi connectivity index (χ1n) is 4.31.